The SMILES string of the molecule is Cc1cc(C)n(C)c(=O)c1C(=O)N1CCCN(c2ccc(C(C)C)nn2)CC1. The molecule has 0 N–H and O–H groups in total. The number of hydrogen-bond acceptors (Lipinski definition) is 5. The van der Waals surface area contributed by atoms with E-state index in [4.69, 9.17) is 0 Å². The van der Waals surface area contributed by atoms with E-state index in [9.17, 15) is 9.59 Å². The van der Waals surface area contributed by atoms with E-state index in [1.807, 2.05) is 32.0 Å². The van der Waals surface area contributed by atoms with Crippen LogP contribution in [0.3, 0.4) is 0 Å². The van der Waals surface area contributed by atoms with Crippen LogP contribution in [0, 0.1) is 13.8 Å². The summed E-state index contributed by atoms with van der Waals surface area (Å²) >= 11 is 0. The minimum atomic E-state index is -0.223. The molecule has 3 rings (SSSR count). The highest BCUT2D eigenvalue weighted by Gasteiger charge is 2.25. The Morgan fingerprint density at radius 3 is 2.46 bits per heavy atom. The first-order chi connectivity index (χ1) is 13.3. The first-order valence-electron chi connectivity index (χ1n) is 9.84. The second-order valence-electron chi connectivity index (χ2n) is 7.81. The number of amides is 1. The van der Waals surface area contributed by atoms with E-state index in [2.05, 4.69) is 28.9 Å². The Morgan fingerprint density at radius 1 is 1.07 bits per heavy atom. The van der Waals surface area contributed by atoms with Crippen LogP contribution in [-0.2, 0) is 7.05 Å². The highest BCUT2D eigenvalue weighted by atomic mass is 16.2. The summed E-state index contributed by atoms with van der Waals surface area (Å²) in [5.41, 5.74) is 2.62. The number of carbonyl (C=O) groups is 1. The number of pyridine rings is 1. The number of aromatic nitrogens is 3. The molecule has 7 nitrogen and oxygen atoms in total. The Balaban J connectivity index is 1.76. The van der Waals surface area contributed by atoms with Crippen molar-refractivity contribution >= 4 is 11.7 Å². The summed E-state index contributed by atoms with van der Waals surface area (Å²) in [7, 11) is 1.71. The lowest BCUT2D eigenvalue weighted by Gasteiger charge is -2.23. The largest absolute Gasteiger partial charge is 0.353 e. The lowest BCUT2D eigenvalue weighted by Crippen LogP contribution is -2.39. The van der Waals surface area contributed by atoms with E-state index in [-0.39, 0.29) is 17.0 Å². The van der Waals surface area contributed by atoms with Gasteiger partial charge in [-0.1, -0.05) is 13.8 Å². The fraction of sp³-hybridized carbons (Fsp3) is 0.524. The summed E-state index contributed by atoms with van der Waals surface area (Å²) in [6, 6.07) is 5.91. The summed E-state index contributed by atoms with van der Waals surface area (Å²) in [6.45, 7) is 10.6. The van der Waals surface area contributed by atoms with Crippen LogP contribution in [0.1, 0.15) is 53.5 Å². The van der Waals surface area contributed by atoms with Gasteiger partial charge in [0.2, 0.25) is 0 Å². The molecule has 0 unspecified atom stereocenters. The van der Waals surface area contributed by atoms with Crippen molar-refractivity contribution in [3.05, 3.63) is 51.1 Å². The van der Waals surface area contributed by atoms with Crippen LogP contribution in [0.4, 0.5) is 5.82 Å². The maximum atomic E-state index is 13.1. The van der Waals surface area contributed by atoms with Gasteiger partial charge in [0, 0.05) is 38.9 Å². The standard InChI is InChI=1S/C21H29N5O2/c1-14(2)17-7-8-18(23-22-17)25-9-6-10-26(12-11-25)21(28)19-15(3)13-16(4)24(5)20(19)27/h7-8,13-14H,6,9-12H2,1-5H3. The topological polar surface area (TPSA) is 71.3 Å². The Bertz CT molecular complexity index is 918. The molecule has 28 heavy (non-hydrogen) atoms. The molecule has 1 saturated heterocycles. The van der Waals surface area contributed by atoms with E-state index < -0.39 is 0 Å². The highest BCUT2D eigenvalue weighted by molar-refractivity contribution is 5.95. The second kappa shape index (κ2) is 8.12. The molecular formula is C21H29N5O2. The number of aryl methyl sites for hydroxylation is 2. The monoisotopic (exact) mass is 383 g/mol. The van der Waals surface area contributed by atoms with Gasteiger partial charge in [-0.25, -0.2) is 0 Å². The summed E-state index contributed by atoms with van der Waals surface area (Å²) < 4.78 is 1.54. The van der Waals surface area contributed by atoms with E-state index in [1.54, 1.807) is 11.9 Å². The zero-order valence-corrected chi connectivity index (χ0v) is 17.4. The molecule has 0 aromatic carbocycles. The lowest BCUT2D eigenvalue weighted by atomic mass is 10.1. The third kappa shape index (κ3) is 3.93. The number of rotatable bonds is 3. The first kappa shape index (κ1) is 20.0. The predicted molar refractivity (Wildman–Crippen MR) is 110 cm³/mol. The van der Waals surface area contributed by atoms with Gasteiger partial charge in [-0.15, -0.1) is 5.10 Å². The van der Waals surface area contributed by atoms with Gasteiger partial charge >= 0.3 is 0 Å². The smallest absolute Gasteiger partial charge is 0.263 e. The van der Waals surface area contributed by atoms with Crippen molar-refractivity contribution in [3.63, 3.8) is 0 Å². The van der Waals surface area contributed by atoms with E-state index >= 15 is 0 Å². The quantitative estimate of drug-likeness (QED) is 0.813. The van der Waals surface area contributed by atoms with Crippen LogP contribution < -0.4 is 10.5 Å². The molecule has 1 amide bonds. The van der Waals surface area contributed by atoms with Crippen LogP contribution in [0.2, 0.25) is 0 Å². The van der Waals surface area contributed by atoms with Crippen molar-refractivity contribution in [3.8, 4) is 0 Å². The van der Waals surface area contributed by atoms with E-state index in [0.29, 0.717) is 25.6 Å². The molecular weight excluding hydrogens is 354 g/mol. The molecule has 0 radical (unpaired) electrons. The molecule has 150 valence electrons. The van der Waals surface area contributed by atoms with Crippen molar-refractivity contribution in [1.82, 2.24) is 19.7 Å². The molecule has 0 bridgehead atoms. The maximum absolute atomic E-state index is 13.1. The molecule has 0 spiro atoms. The van der Waals surface area contributed by atoms with Gasteiger partial charge in [0.25, 0.3) is 11.5 Å². The van der Waals surface area contributed by atoms with Gasteiger partial charge in [-0.2, -0.15) is 5.10 Å². The minimum Gasteiger partial charge on any atom is -0.353 e. The minimum absolute atomic E-state index is 0.179. The lowest BCUT2D eigenvalue weighted by molar-refractivity contribution is 0.0764. The third-order valence-corrected chi connectivity index (χ3v) is 5.45. The Morgan fingerprint density at radius 2 is 1.82 bits per heavy atom. The van der Waals surface area contributed by atoms with Crippen molar-refractivity contribution in [2.75, 3.05) is 31.1 Å². The zero-order valence-electron chi connectivity index (χ0n) is 17.4. The summed E-state index contributed by atoms with van der Waals surface area (Å²) in [6.07, 6.45) is 0.824. The Hall–Kier alpha value is -2.70. The Kier molecular flexibility index (Phi) is 5.82. The van der Waals surface area contributed by atoms with Crippen molar-refractivity contribution < 1.29 is 4.79 Å². The van der Waals surface area contributed by atoms with Crippen LogP contribution in [0.15, 0.2) is 23.0 Å². The van der Waals surface area contributed by atoms with Crippen LogP contribution >= 0.6 is 0 Å². The average Bonchev–Trinajstić information content (AvgIpc) is 2.92. The average molecular weight is 383 g/mol. The maximum Gasteiger partial charge on any atom is 0.263 e. The molecule has 1 fully saturated rings. The predicted octanol–water partition coefficient (Wildman–Crippen LogP) is 2.27. The molecule has 1 aliphatic heterocycles. The van der Waals surface area contributed by atoms with Gasteiger partial charge < -0.3 is 14.4 Å². The van der Waals surface area contributed by atoms with Gasteiger partial charge in [0.05, 0.1) is 5.69 Å². The van der Waals surface area contributed by atoms with Crippen LogP contribution in [-0.4, -0.2) is 51.8 Å². The van der Waals surface area contributed by atoms with Gasteiger partial charge in [0.15, 0.2) is 5.82 Å². The van der Waals surface area contributed by atoms with E-state index in [0.717, 1.165) is 35.7 Å². The molecule has 2 aromatic rings. The second-order valence-corrected chi connectivity index (χ2v) is 7.81. The fourth-order valence-corrected chi connectivity index (χ4v) is 3.56. The highest BCUT2D eigenvalue weighted by Crippen LogP contribution is 2.17. The third-order valence-electron chi connectivity index (χ3n) is 5.45. The van der Waals surface area contributed by atoms with Crippen LogP contribution in [0.5, 0.6) is 0 Å². The molecule has 7 heteroatoms. The number of carbonyl (C=O) groups excluding carboxylic acids is 1. The summed E-state index contributed by atoms with van der Waals surface area (Å²) in [4.78, 5) is 29.7. The van der Waals surface area contributed by atoms with Crippen molar-refractivity contribution in [2.24, 2.45) is 7.05 Å². The number of hydrogen-bond donors (Lipinski definition) is 0. The molecule has 3 heterocycles. The molecule has 0 saturated carbocycles. The molecule has 2 aromatic heterocycles. The first-order valence-corrected chi connectivity index (χ1v) is 9.84. The summed E-state index contributed by atoms with van der Waals surface area (Å²) in [5.74, 6) is 1.00. The zero-order chi connectivity index (χ0) is 20.4. The van der Waals surface area contributed by atoms with Gasteiger partial charge in [0.1, 0.15) is 5.56 Å². The normalized spacial score (nSPS) is 15.1. The van der Waals surface area contributed by atoms with E-state index in [1.165, 1.54) is 4.57 Å². The number of nitrogens with zero attached hydrogens (tertiary/aromatic N) is 5. The molecule has 0 aliphatic carbocycles. The number of anilines is 1. The van der Waals surface area contributed by atoms with Crippen molar-refractivity contribution in [2.45, 2.75) is 40.0 Å². The summed E-state index contributed by atoms with van der Waals surface area (Å²) in [5, 5.41) is 8.67. The van der Waals surface area contributed by atoms with Gasteiger partial charge in [-0.05, 0) is 49.9 Å². The van der Waals surface area contributed by atoms with Crippen molar-refractivity contribution in [1.29, 1.82) is 0 Å². The van der Waals surface area contributed by atoms with Crippen LogP contribution in [0.25, 0.3) is 0 Å². The molecule has 1 aliphatic rings. The molecule has 0 atom stereocenters. The Labute approximate surface area is 166 Å². The van der Waals surface area contributed by atoms with Gasteiger partial charge in [-0.3, -0.25) is 9.59 Å². The fourth-order valence-electron chi connectivity index (χ4n) is 3.56.